The number of nitrogens with zero attached hydrogens (tertiary/aromatic N) is 3. The van der Waals surface area contributed by atoms with Crippen LogP contribution in [-0.4, -0.2) is 68.3 Å². The van der Waals surface area contributed by atoms with Gasteiger partial charge in [-0.2, -0.15) is 0 Å². The number of hydrogen-bond donors (Lipinski definition) is 3. The molecule has 2 rings (SSSR count). The van der Waals surface area contributed by atoms with Crippen LogP contribution in [0.1, 0.15) is 16.7 Å². The fourth-order valence-electron chi connectivity index (χ4n) is 1.81. The van der Waals surface area contributed by atoms with E-state index in [9.17, 15) is 15.0 Å². The first-order valence-electron chi connectivity index (χ1n) is 5.32. The van der Waals surface area contributed by atoms with E-state index in [1.807, 2.05) is 0 Å². The van der Waals surface area contributed by atoms with Crippen LogP contribution in [0.15, 0.2) is 0 Å². The average molecular weight is 294 g/mol. The molecule has 0 bridgehead atoms. The molecule has 4 atom stereocenters. The van der Waals surface area contributed by atoms with Crippen LogP contribution in [0.5, 0.6) is 0 Å². The SMILES string of the molecule is COC(=O)c1c(Cl)nnn1[C@@H]1O[C@H](CO)[C@@H](O)[C@H]1O. The van der Waals surface area contributed by atoms with E-state index in [0.717, 1.165) is 11.8 Å². The van der Waals surface area contributed by atoms with E-state index in [1.165, 1.54) is 0 Å². The number of ether oxygens (including phenoxy) is 2. The molecule has 0 spiro atoms. The monoisotopic (exact) mass is 293 g/mol. The van der Waals surface area contributed by atoms with Gasteiger partial charge in [-0.05, 0) is 0 Å². The normalized spacial score (nSPS) is 30.6. The summed E-state index contributed by atoms with van der Waals surface area (Å²) in [6.45, 7) is -0.495. The highest BCUT2D eigenvalue weighted by Crippen LogP contribution is 2.31. The van der Waals surface area contributed by atoms with E-state index >= 15 is 0 Å². The minimum Gasteiger partial charge on any atom is -0.464 e. The lowest BCUT2D eigenvalue weighted by Crippen LogP contribution is -2.33. The Balaban J connectivity index is 2.35. The van der Waals surface area contributed by atoms with Gasteiger partial charge >= 0.3 is 5.97 Å². The van der Waals surface area contributed by atoms with Gasteiger partial charge in [0, 0.05) is 0 Å². The maximum Gasteiger partial charge on any atom is 0.359 e. The molecule has 0 aliphatic carbocycles. The average Bonchev–Trinajstić information content (AvgIpc) is 2.91. The van der Waals surface area contributed by atoms with Crippen molar-refractivity contribution in [2.75, 3.05) is 13.7 Å². The van der Waals surface area contributed by atoms with Gasteiger partial charge in [-0.1, -0.05) is 16.8 Å². The topological polar surface area (TPSA) is 127 Å². The van der Waals surface area contributed by atoms with Gasteiger partial charge in [0.15, 0.2) is 17.1 Å². The molecule has 1 saturated heterocycles. The molecule has 10 heteroatoms. The van der Waals surface area contributed by atoms with Crippen LogP contribution >= 0.6 is 11.6 Å². The van der Waals surface area contributed by atoms with E-state index in [-0.39, 0.29) is 10.8 Å². The number of methoxy groups -OCH3 is 1. The molecule has 0 radical (unpaired) electrons. The molecular formula is C9H12ClN3O6. The van der Waals surface area contributed by atoms with Gasteiger partial charge in [0.25, 0.3) is 0 Å². The minimum absolute atomic E-state index is 0.209. The molecule has 3 N–H and O–H groups in total. The van der Waals surface area contributed by atoms with E-state index in [4.69, 9.17) is 21.4 Å². The van der Waals surface area contributed by atoms with E-state index in [2.05, 4.69) is 15.0 Å². The van der Waals surface area contributed by atoms with E-state index in [0.29, 0.717) is 0 Å². The maximum atomic E-state index is 11.6. The van der Waals surface area contributed by atoms with E-state index < -0.39 is 37.1 Å². The molecule has 0 saturated carbocycles. The number of aromatic nitrogens is 3. The number of carbonyl (C=O) groups is 1. The predicted octanol–water partition coefficient (Wildman–Crippen LogP) is -1.67. The number of hydrogen-bond acceptors (Lipinski definition) is 8. The molecular weight excluding hydrogens is 282 g/mol. The van der Waals surface area contributed by atoms with Crippen molar-refractivity contribution in [3.8, 4) is 0 Å². The Morgan fingerprint density at radius 2 is 2.21 bits per heavy atom. The van der Waals surface area contributed by atoms with Crippen LogP contribution in [0, 0.1) is 0 Å². The Labute approximate surface area is 112 Å². The molecule has 1 aliphatic rings. The molecule has 0 unspecified atom stereocenters. The van der Waals surface area contributed by atoms with Crippen LogP contribution in [0.3, 0.4) is 0 Å². The van der Waals surface area contributed by atoms with Crippen molar-refractivity contribution in [1.82, 2.24) is 15.0 Å². The summed E-state index contributed by atoms with van der Waals surface area (Å²) in [5.74, 6) is -0.812. The van der Waals surface area contributed by atoms with Crippen molar-refractivity contribution in [1.29, 1.82) is 0 Å². The molecule has 106 valence electrons. The third kappa shape index (κ3) is 2.30. The molecule has 1 aromatic heterocycles. The van der Waals surface area contributed by atoms with Gasteiger partial charge in [0.2, 0.25) is 0 Å². The second-order valence-corrected chi connectivity index (χ2v) is 4.25. The highest BCUT2D eigenvalue weighted by molar-refractivity contribution is 6.32. The molecule has 19 heavy (non-hydrogen) atoms. The quantitative estimate of drug-likeness (QED) is 0.565. The standard InChI is InChI=1S/C9H12ClN3O6/c1-18-9(17)4-7(10)11-12-13(4)8-6(16)5(15)3(2-14)19-8/h3,5-6,8,14-16H,2H2,1H3/t3-,5-,6-,8-/m1/s1. The van der Waals surface area contributed by atoms with Crippen LogP contribution in [-0.2, 0) is 9.47 Å². The lowest BCUT2D eigenvalue weighted by molar-refractivity contribution is -0.0607. The Kier molecular flexibility index (Phi) is 4.02. The highest BCUT2D eigenvalue weighted by atomic mass is 35.5. The second-order valence-electron chi connectivity index (χ2n) is 3.89. The molecule has 0 aromatic carbocycles. The summed E-state index contributed by atoms with van der Waals surface area (Å²) in [6.07, 6.45) is -4.89. The summed E-state index contributed by atoms with van der Waals surface area (Å²) >= 11 is 5.71. The number of aliphatic hydroxyl groups is 3. The van der Waals surface area contributed by atoms with Crippen LogP contribution in [0.25, 0.3) is 0 Å². The summed E-state index contributed by atoms with van der Waals surface area (Å²) in [5.41, 5.74) is -0.209. The summed E-state index contributed by atoms with van der Waals surface area (Å²) in [6, 6.07) is 0. The number of esters is 1. The zero-order chi connectivity index (χ0) is 14.2. The highest BCUT2D eigenvalue weighted by Gasteiger charge is 2.45. The summed E-state index contributed by atoms with van der Waals surface area (Å²) in [5, 5.41) is 35.3. The predicted molar refractivity (Wildman–Crippen MR) is 59.4 cm³/mol. The fourth-order valence-corrected chi connectivity index (χ4v) is 2.01. The third-order valence-corrected chi connectivity index (χ3v) is 3.04. The number of rotatable bonds is 3. The van der Waals surface area contributed by atoms with Gasteiger partial charge in [-0.3, -0.25) is 0 Å². The summed E-state index contributed by atoms with van der Waals surface area (Å²) in [7, 11) is 1.15. The zero-order valence-electron chi connectivity index (χ0n) is 9.80. The van der Waals surface area contributed by atoms with Gasteiger partial charge in [0.05, 0.1) is 13.7 Å². The largest absolute Gasteiger partial charge is 0.464 e. The smallest absolute Gasteiger partial charge is 0.359 e. The zero-order valence-corrected chi connectivity index (χ0v) is 10.6. The van der Waals surface area contributed by atoms with Crippen molar-refractivity contribution in [3.63, 3.8) is 0 Å². The summed E-state index contributed by atoms with van der Waals surface area (Å²) < 4.78 is 10.6. The molecule has 2 heterocycles. The Morgan fingerprint density at radius 1 is 1.53 bits per heavy atom. The fraction of sp³-hybridized carbons (Fsp3) is 0.667. The lowest BCUT2D eigenvalue weighted by Gasteiger charge is -2.16. The number of halogens is 1. The number of carbonyl (C=O) groups excluding carboxylic acids is 1. The molecule has 1 aromatic rings. The van der Waals surface area contributed by atoms with Gasteiger partial charge < -0.3 is 24.8 Å². The van der Waals surface area contributed by atoms with Crippen LogP contribution < -0.4 is 0 Å². The van der Waals surface area contributed by atoms with Gasteiger partial charge in [0.1, 0.15) is 18.3 Å². The van der Waals surface area contributed by atoms with Crippen molar-refractivity contribution in [2.45, 2.75) is 24.5 Å². The molecule has 0 amide bonds. The van der Waals surface area contributed by atoms with Gasteiger partial charge in [-0.15, -0.1) is 5.10 Å². The van der Waals surface area contributed by atoms with E-state index in [1.54, 1.807) is 0 Å². The lowest BCUT2D eigenvalue weighted by atomic mass is 10.1. The Hall–Kier alpha value is -1.26. The number of aliphatic hydroxyl groups excluding tert-OH is 3. The third-order valence-electron chi connectivity index (χ3n) is 2.79. The van der Waals surface area contributed by atoms with Crippen molar-refractivity contribution in [3.05, 3.63) is 10.8 Å². The summed E-state index contributed by atoms with van der Waals surface area (Å²) in [4.78, 5) is 11.6. The first kappa shape index (κ1) is 14.2. The maximum absolute atomic E-state index is 11.6. The second kappa shape index (κ2) is 5.39. The van der Waals surface area contributed by atoms with Crippen molar-refractivity contribution >= 4 is 17.6 Å². The van der Waals surface area contributed by atoms with Crippen molar-refractivity contribution < 1.29 is 29.6 Å². The Bertz CT molecular complexity index is 481. The minimum atomic E-state index is -1.39. The van der Waals surface area contributed by atoms with Crippen LogP contribution in [0.2, 0.25) is 5.15 Å². The first-order valence-corrected chi connectivity index (χ1v) is 5.70. The molecule has 9 nitrogen and oxygen atoms in total. The van der Waals surface area contributed by atoms with Crippen molar-refractivity contribution in [2.24, 2.45) is 0 Å². The van der Waals surface area contributed by atoms with Gasteiger partial charge in [-0.25, -0.2) is 9.48 Å². The molecule has 1 fully saturated rings. The molecule has 1 aliphatic heterocycles. The Morgan fingerprint density at radius 3 is 2.74 bits per heavy atom. The first-order chi connectivity index (χ1) is 9.01. The van der Waals surface area contributed by atoms with Crippen LogP contribution in [0.4, 0.5) is 0 Å².